The summed E-state index contributed by atoms with van der Waals surface area (Å²) in [4.78, 5) is 13.7. The van der Waals surface area contributed by atoms with E-state index in [0.717, 1.165) is 30.5 Å². The van der Waals surface area contributed by atoms with Crippen molar-refractivity contribution < 1.29 is 9.90 Å². The Morgan fingerprint density at radius 1 is 1.12 bits per heavy atom. The summed E-state index contributed by atoms with van der Waals surface area (Å²) in [7, 11) is 0. The van der Waals surface area contributed by atoms with E-state index >= 15 is 0 Å². The molecule has 1 fully saturated rings. The number of piperidine rings is 1. The third-order valence-corrected chi connectivity index (χ3v) is 5.15. The Balaban J connectivity index is 2.00. The molecular formula is C19H19Cl2NO2. The largest absolute Gasteiger partial charge is 0.481 e. The van der Waals surface area contributed by atoms with Crippen LogP contribution in [0.15, 0.2) is 48.5 Å². The summed E-state index contributed by atoms with van der Waals surface area (Å²) in [5, 5.41) is 10.8. The van der Waals surface area contributed by atoms with Crippen LogP contribution < -0.4 is 0 Å². The van der Waals surface area contributed by atoms with Crippen molar-refractivity contribution in [2.75, 3.05) is 13.1 Å². The normalized spacial score (nSPS) is 19.8. The van der Waals surface area contributed by atoms with Crippen molar-refractivity contribution in [1.82, 2.24) is 4.90 Å². The van der Waals surface area contributed by atoms with E-state index in [1.54, 1.807) is 0 Å². The lowest BCUT2D eigenvalue weighted by molar-refractivity contribution is -0.143. The van der Waals surface area contributed by atoms with Crippen LogP contribution in [0.4, 0.5) is 0 Å². The minimum atomic E-state index is -0.728. The maximum Gasteiger partial charge on any atom is 0.307 e. The van der Waals surface area contributed by atoms with Gasteiger partial charge in [-0.25, -0.2) is 0 Å². The molecule has 0 aliphatic carbocycles. The predicted molar refractivity (Wildman–Crippen MR) is 96.7 cm³/mol. The zero-order valence-corrected chi connectivity index (χ0v) is 14.7. The minimum absolute atomic E-state index is 0.0712. The average molecular weight is 364 g/mol. The smallest absolute Gasteiger partial charge is 0.307 e. The van der Waals surface area contributed by atoms with E-state index in [0.29, 0.717) is 16.6 Å². The molecule has 1 heterocycles. The predicted octanol–water partition coefficient (Wildman–Crippen LogP) is 4.88. The number of halogens is 2. The van der Waals surface area contributed by atoms with Gasteiger partial charge in [0, 0.05) is 16.6 Å². The summed E-state index contributed by atoms with van der Waals surface area (Å²) < 4.78 is 0. The van der Waals surface area contributed by atoms with Gasteiger partial charge in [0.15, 0.2) is 0 Å². The molecule has 1 saturated heterocycles. The van der Waals surface area contributed by atoms with E-state index in [9.17, 15) is 9.90 Å². The lowest BCUT2D eigenvalue weighted by Gasteiger charge is -2.38. The first-order valence-electron chi connectivity index (χ1n) is 8.03. The minimum Gasteiger partial charge on any atom is -0.481 e. The molecule has 126 valence electrons. The summed E-state index contributed by atoms with van der Waals surface area (Å²) in [6.07, 6.45) is 1.59. The first kappa shape index (κ1) is 17.3. The summed E-state index contributed by atoms with van der Waals surface area (Å²) in [5.41, 5.74) is 2.06. The molecule has 0 amide bonds. The van der Waals surface area contributed by atoms with Crippen LogP contribution in [0, 0.1) is 5.92 Å². The molecule has 2 atom stereocenters. The molecule has 5 heteroatoms. The van der Waals surface area contributed by atoms with Crippen molar-refractivity contribution in [3.8, 4) is 0 Å². The Bertz CT molecular complexity index is 718. The molecule has 2 aromatic carbocycles. The average Bonchev–Trinajstić information content (AvgIpc) is 2.59. The first-order chi connectivity index (χ1) is 11.6. The lowest BCUT2D eigenvalue weighted by Crippen LogP contribution is -2.41. The molecular weight excluding hydrogens is 345 g/mol. The van der Waals surface area contributed by atoms with Crippen LogP contribution in [0.2, 0.25) is 10.0 Å². The molecule has 24 heavy (non-hydrogen) atoms. The number of hydrogen-bond donors (Lipinski definition) is 1. The summed E-state index contributed by atoms with van der Waals surface area (Å²) in [6, 6.07) is 15.4. The topological polar surface area (TPSA) is 40.5 Å². The molecule has 0 aromatic heterocycles. The number of carboxylic acids is 1. The van der Waals surface area contributed by atoms with Crippen molar-refractivity contribution in [2.45, 2.75) is 18.9 Å². The number of nitrogens with zero attached hydrogens (tertiary/aromatic N) is 1. The third kappa shape index (κ3) is 3.75. The number of benzene rings is 2. The fraction of sp³-hybridized carbons (Fsp3) is 0.316. The van der Waals surface area contributed by atoms with Gasteiger partial charge < -0.3 is 5.11 Å². The zero-order valence-electron chi connectivity index (χ0n) is 13.2. The molecule has 3 nitrogen and oxygen atoms in total. The molecule has 2 aromatic rings. The highest BCUT2D eigenvalue weighted by molar-refractivity contribution is 6.31. The summed E-state index contributed by atoms with van der Waals surface area (Å²) >= 11 is 12.5. The van der Waals surface area contributed by atoms with Crippen molar-refractivity contribution in [2.24, 2.45) is 5.92 Å². The van der Waals surface area contributed by atoms with Gasteiger partial charge in [-0.15, -0.1) is 0 Å². The van der Waals surface area contributed by atoms with Crippen molar-refractivity contribution >= 4 is 29.2 Å². The maximum atomic E-state index is 11.4. The highest BCUT2D eigenvalue weighted by atomic mass is 35.5. The van der Waals surface area contributed by atoms with E-state index in [2.05, 4.69) is 4.90 Å². The van der Waals surface area contributed by atoms with Gasteiger partial charge in [0.1, 0.15) is 0 Å². The maximum absolute atomic E-state index is 11.4. The third-order valence-electron chi connectivity index (χ3n) is 4.55. The van der Waals surface area contributed by atoms with E-state index in [4.69, 9.17) is 23.2 Å². The van der Waals surface area contributed by atoms with Crippen LogP contribution in [0.25, 0.3) is 0 Å². The summed E-state index contributed by atoms with van der Waals surface area (Å²) in [5.74, 6) is -1.07. The number of carboxylic acid groups (broad SMARTS) is 1. The second kappa shape index (κ2) is 7.56. The van der Waals surface area contributed by atoms with Gasteiger partial charge >= 0.3 is 5.97 Å². The lowest BCUT2D eigenvalue weighted by atomic mass is 9.91. The van der Waals surface area contributed by atoms with Crippen LogP contribution in [0.3, 0.4) is 0 Å². The quantitative estimate of drug-likeness (QED) is 0.841. The SMILES string of the molecule is O=C(O)C1CCCN(C(c2ccc(Cl)cc2)c2ccccc2Cl)C1. The van der Waals surface area contributed by atoms with Crippen LogP contribution in [0.1, 0.15) is 30.0 Å². The fourth-order valence-electron chi connectivity index (χ4n) is 3.37. The van der Waals surface area contributed by atoms with Crippen LogP contribution in [-0.2, 0) is 4.79 Å². The molecule has 2 unspecified atom stereocenters. The van der Waals surface area contributed by atoms with Gasteiger partial charge in [-0.1, -0.05) is 53.5 Å². The van der Waals surface area contributed by atoms with Crippen LogP contribution >= 0.6 is 23.2 Å². The monoisotopic (exact) mass is 363 g/mol. The Hall–Kier alpha value is -1.55. The zero-order chi connectivity index (χ0) is 17.1. The van der Waals surface area contributed by atoms with Gasteiger partial charge in [0.05, 0.1) is 12.0 Å². The molecule has 0 radical (unpaired) electrons. The Morgan fingerprint density at radius 2 is 1.83 bits per heavy atom. The van der Waals surface area contributed by atoms with Crippen molar-refractivity contribution in [3.05, 3.63) is 69.7 Å². The highest BCUT2D eigenvalue weighted by Crippen LogP contribution is 2.36. The van der Waals surface area contributed by atoms with Gasteiger partial charge in [-0.05, 0) is 48.7 Å². The Labute approximate surface area is 151 Å². The fourth-order valence-corrected chi connectivity index (χ4v) is 3.74. The van der Waals surface area contributed by atoms with Gasteiger partial charge in [0.2, 0.25) is 0 Å². The summed E-state index contributed by atoms with van der Waals surface area (Å²) in [6.45, 7) is 1.37. The second-order valence-corrected chi connectivity index (χ2v) is 6.99. The Kier molecular flexibility index (Phi) is 5.44. The standard InChI is InChI=1S/C19H19Cl2NO2/c20-15-9-7-13(8-10-15)18(16-5-1-2-6-17(16)21)22-11-3-4-14(12-22)19(23)24/h1-2,5-10,14,18H,3-4,11-12H2,(H,23,24). The van der Waals surface area contributed by atoms with Gasteiger partial charge in [-0.3, -0.25) is 9.69 Å². The molecule has 0 bridgehead atoms. The molecule has 1 N–H and O–H groups in total. The van der Waals surface area contributed by atoms with Gasteiger partial charge in [0.25, 0.3) is 0 Å². The molecule has 0 spiro atoms. The molecule has 3 rings (SSSR count). The Morgan fingerprint density at radius 3 is 2.50 bits per heavy atom. The number of carbonyl (C=O) groups is 1. The second-order valence-electron chi connectivity index (χ2n) is 6.15. The number of likely N-dealkylation sites (tertiary alicyclic amines) is 1. The van der Waals surface area contributed by atoms with E-state index in [1.165, 1.54) is 0 Å². The number of rotatable bonds is 4. The first-order valence-corrected chi connectivity index (χ1v) is 8.78. The highest BCUT2D eigenvalue weighted by Gasteiger charge is 2.32. The van der Waals surface area contributed by atoms with Crippen LogP contribution in [-0.4, -0.2) is 29.1 Å². The number of hydrogen-bond acceptors (Lipinski definition) is 2. The van der Waals surface area contributed by atoms with Crippen LogP contribution in [0.5, 0.6) is 0 Å². The van der Waals surface area contributed by atoms with E-state index < -0.39 is 5.97 Å². The molecule has 0 saturated carbocycles. The van der Waals surface area contributed by atoms with Crippen molar-refractivity contribution in [1.29, 1.82) is 0 Å². The van der Waals surface area contributed by atoms with E-state index in [-0.39, 0.29) is 12.0 Å². The van der Waals surface area contributed by atoms with Crippen molar-refractivity contribution in [3.63, 3.8) is 0 Å². The molecule has 1 aliphatic rings. The number of aliphatic carboxylic acids is 1. The van der Waals surface area contributed by atoms with Gasteiger partial charge in [-0.2, -0.15) is 0 Å². The van der Waals surface area contributed by atoms with E-state index in [1.807, 2.05) is 48.5 Å². The molecule has 1 aliphatic heterocycles.